The number of nitrogens with zero attached hydrogens (tertiary/aromatic N) is 5. The number of imidazole rings is 1. The molecule has 0 spiro atoms. The van der Waals surface area contributed by atoms with Crippen LogP contribution in [0.2, 0.25) is 0 Å². The van der Waals surface area contributed by atoms with Crippen molar-refractivity contribution in [3.05, 3.63) is 59.7 Å². The summed E-state index contributed by atoms with van der Waals surface area (Å²) < 4.78 is 31.3. The van der Waals surface area contributed by atoms with E-state index in [1.165, 1.54) is 6.07 Å². The highest BCUT2D eigenvalue weighted by Gasteiger charge is 2.18. The summed E-state index contributed by atoms with van der Waals surface area (Å²) in [6, 6.07) is 6.73. The molecule has 3 heterocycles. The Morgan fingerprint density at radius 1 is 1.03 bits per heavy atom. The second-order valence-electron chi connectivity index (χ2n) is 7.55. The number of halogens is 2. The lowest BCUT2D eigenvalue weighted by atomic mass is 10.1. The molecule has 31 heavy (non-hydrogen) atoms. The number of aromatic nitrogens is 5. The van der Waals surface area contributed by atoms with E-state index < -0.39 is 11.6 Å². The summed E-state index contributed by atoms with van der Waals surface area (Å²) in [5.41, 5.74) is 2.19. The molecule has 9 heteroatoms. The van der Waals surface area contributed by atoms with Crippen LogP contribution < -0.4 is 10.6 Å². The minimum absolute atomic E-state index is 0.000683. The Labute approximate surface area is 178 Å². The number of anilines is 2. The van der Waals surface area contributed by atoms with Gasteiger partial charge in [0.25, 0.3) is 0 Å². The molecule has 4 rings (SSSR count). The SMILES string of the molecule is CNCc1ccc(Nc2ncc(F)c(-c3cc(F)c4nc(C)n(C(C)C)c4c3)n2)nc1. The Hall–Kier alpha value is -3.46. The number of pyridine rings is 1. The molecule has 7 nitrogen and oxygen atoms in total. The van der Waals surface area contributed by atoms with Gasteiger partial charge in [0, 0.05) is 24.3 Å². The Morgan fingerprint density at radius 2 is 1.84 bits per heavy atom. The molecule has 0 unspecified atom stereocenters. The predicted molar refractivity (Wildman–Crippen MR) is 116 cm³/mol. The van der Waals surface area contributed by atoms with Gasteiger partial charge in [-0.15, -0.1) is 0 Å². The summed E-state index contributed by atoms with van der Waals surface area (Å²) in [6.07, 6.45) is 2.79. The lowest BCUT2D eigenvalue weighted by Crippen LogP contribution is -2.06. The first-order valence-corrected chi connectivity index (χ1v) is 9.95. The smallest absolute Gasteiger partial charge is 0.229 e. The fourth-order valence-corrected chi connectivity index (χ4v) is 3.61. The molecular weight excluding hydrogens is 400 g/mol. The van der Waals surface area contributed by atoms with Crippen LogP contribution in [-0.4, -0.2) is 31.6 Å². The van der Waals surface area contributed by atoms with Crippen molar-refractivity contribution < 1.29 is 8.78 Å². The number of rotatable bonds is 6. The van der Waals surface area contributed by atoms with Crippen LogP contribution in [0.15, 0.2) is 36.7 Å². The largest absolute Gasteiger partial charge is 0.326 e. The van der Waals surface area contributed by atoms with Crippen molar-refractivity contribution in [3.63, 3.8) is 0 Å². The first-order valence-electron chi connectivity index (χ1n) is 9.95. The van der Waals surface area contributed by atoms with Crippen LogP contribution in [0.25, 0.3) is 22.3 Å². The van der Waals surface area contributed by atoms with E-state index in [0.717, 1.165) is 11.8 Å². The zero-order chi connectivity index (χ0) is 22.1. The van der Waals surface area contributed by atoms with Gasteiger partial charge in [0.1, 0.15) is 22.9 Å². The van der Waals surface area contributed by atoms with Crippen molar-refractivity contribution in [1.29, 1.82) is 0 Å². The average Bonchev–Trinajstić information content (AvgIpc) is 3.08. The summed E-state index contributed by atoms with van der Waals surface area (Å²) in [4.78, 5) is 16.9. The van der Waals surface area contributed by atoms with Gasteiger partial charge in [-0.3, -0.25) is 0 Å². The van der Waals surface area contributed by atoms with Crippen LogP contribution >= 0.6 is 0 Å². The Kier molecular flexibility index (Phi) is 5.60. The molecule has 0 saturated carbocycles. The van der Waals surface area contributed by atoms with Gasteiger partial charge in [-0.05, 0) is 51.6 Å². The Balaban J connectivity index is 1.73. The highest BCUT2D eigenvalue weighted by atomic mass is 19.1. The van der Waals surface area contributed by atoms with Gasteiger partial charge in [-0.25, -0.2) is 28.7 Å². The molecule has 1 aromatic carbocycles. The summed E-state index contributed by atoms with van der Waals surface area (Å²) >= 11 is 0. The second kappa shape index (κ2) is 8.35. The summed E-state index contributed by atoms with van der Waals surface area (Å²) in [5.74, 6) is 0.213. The van der Waals surface area contributed by atoms with Gasteiger partial charge in [0.2, 0.25) is 5.95 Å². The summed E-state index contributed by atoms with van der Waals surface area (Å²) in [7, 11) is 1.86. The third-order valence-electron chi connectivity index (χ3n) is 4.90. The third-order valence-corrected chi connectivity index (χ3v) is 4.90. The van der Waals surface area contributed by atoms with Crippen LogP contribution in [0.3, 0.4) is 0 Å². The third kappa shape index (κ3) is 4.09. The molecule has 0 bridgehead atoms. The van der Waals surface area contributed by atoms with E-state index in [9.17, 15) is 8.78 Å². The molecule has 2 N–H and O–H groups in total. The molecule has 0 aliphatic rings. The van der Waals surface area contributed by atoms with Gasteiger partial charge >= 0.3 is 0 Å². The lowest BCUT2D eigenvalue weighted by Gasteiger charge is -2.12. The number of aryl methyl sites for hydroxylation is 1. The zero-order valence-corrected chi connectivity index (χ0v) is 17.7. The Morgan fingerprint density at radius 3 is 2.52 bits per heavy atom. The fourth-order valence-electron chi connectivity index (χ4n) is 3.61. The molecular formula is C22H23F2N7. The first-order chi connectivity index (χ1) is 14.9. The van der Waals surface area contributed by atoms with Gasteiger partial charge in [0.05, 0.1) is 11.7 Å². The minimum Gasteiger partial charge on any atom is -0.326 e. The number of hydrogen-bond donors (Lipinski definition) is 2. The number of benzene rings is 1. The van der Waals surface area contributed by atoms with Crippen molar-refractivity contribution in [3.8, 4) is 11.3 Å². The van der Waals surface area contributed by atoms with Crippen molar-refractivity contribution in [2.75, 3.05) is 12.4 Å². The second-order valence-corrected chi connectivity index (χ2v) is 7.55. The lowest BCUT2D eigenvalue weighted by molar-refractivity contribution is 0.600. The molecule has 0 fully saturated rings. The van der Waals surface area contributed by atoms with Crippen molar-refractivity contribution >= 4 is 22.8 Å². The molecule has 4 aromatic rings. The highest BCUT2D eigenvalue weighted by Crippen LogP contribution is 2.30. The first kappa shape index (κ1) is 20.8. The molecule has 0 atom stereocenters. The molecule has 0 radical (unpaired) electrons. The summed E-state index contributed by atoms with van der Waals surface area (Å²) in [6.45, 7) is 6.49. The van der Waals surface area contributed by atoms with E-state index in [1.54, 1.807) is 18.3 Å². The maximum atomic E-state index is 14.8. The molecule has 0 aliphatic carbocycles. The van der Waals surface area contributed by atoms with E-state index in [2.05, 4.69) is 30.6 Å². The minimum atomic E-state index is -0.644. The monoisotopic (exact) mass is 423 g/mol. The molecule has 0 amide bonds. The van der Waals surface area contributed by atoms with Crippen LogP contribution in [0.4, 0.5) is 20.5 Å². The highest BCUT2D eigenvalue weighted by molar-refractivity contribution is 5.83. The maximum absolute atomic E-state index is 14.8. The number of fused-ring (bicyclic) bond motifs is 1. The quantitative estimate of drug-likeness (QED) is 0.475. The van der Waals surface area contributed by atoms with Crippen LogP contribution in [-0.2, 0) is 6.54 Å². The van der Waals surface area contributed by atoms with Crippen molar-refractivity contribution in [2.24, 2.45) is 0 Å². The molecule has 0 aliphatic heterocycles. The van der Waals surface area contributed by atoms with E-state index in [-0.39, 0.29) is 23.2 Å². The molecule has 160 valence electrons. The van der Waals surface area contributed by atoms with Gasteiger partial charge in [0.15, 0.2) is 11.6 Å². The average molecular weight is 423 g/mol. The number of nitrogens with one attached hydrogen (secondary N) is 2. The normalized spacial score (nSPS) is 11.5. The maximum Gasteiger partial charge on any atom is 0.229 e. The topological polar surface area (TPSA) is 80.5 Å². The van der Waals surface area contributed by atoms with Crippen LogP contribution in [0.5, 0.6) is 0 Å². The van der Waals surface area contributed by atoms with E-state index in [0.29, 0.717) is 29.3 Å². The van der Waals surface area contributed by atoms with Crippen LogP contribution in [0, 0.1) is 18.6 Å². The van der Waals surface area contributed by atoms with E-state index >= 15 is 0 Å². The summed E-state index contributed by atoms with van der Waals surface area (Å²) in [5, 5.41) is 6.02. The molecule has 0 saturated heterocycles. The van der Waals surface area contributed by atoms with E-state index in [4.69, 9.17) is 0 Å². The molecule has 3 aromatic heterocycles. The zero-order valence-electron chi connectivity index (χ0n) is 17.7. The fraction of sp³-hybridized carbons (Fsp3) is 0.273. The van der Waals surface area contributed by atoms with Gasteiger partial charge in [-0.2, -0.15) is 0 Å². The van der Waals surface area contributed by atoms with Crippen molar-refractivity contribution in [2.45, 2.75) is 33.4 Å². The van der Waals surface area contributed by atoms with Crippen molar-refractivity contribution in [1.82, 2.24) is 29.8 Å². The van der Waals surface area contributed by atoms with E-state index in [1.807, 2.05) is 38.5 Å². The predicted octanol–water partition coefficient (Wildman–Crippen LogP) is 4.52. The number of hydrogen-bond acceptors (Lipinski definition) is 6. The standard InChI is InChI=1S/C22H23F2N7/c1-12(2)31-13(3)28-21-16(23)7-15(8-18(21)31)20-17(24)11-27-22(30-20)29-19-6-5-14(9-25-4)10-26-19/h5-8,10-12,25H,9H2,1-4H3,(H,26,27,29,30). The van der Waals surface area contributed by atoms with Crippen LogP contribution in [0.1, 0.15) is 31.3 Å². The van der Waals surface area contributed by atoms with Gasteiger partial charge in [-0.1, -0.05) is 6.07 Å². The van der Waals surface area contributed by atoms with Gasteiger partial charge < -0.3 is 15.2 Å². The Bertz CT molecular complexity index is 1230.